The van der Waals surface area contributed by atoms with Gasteiger partial charge in [-0.3, -0.25) is 19.5 Å². The Bertz CT molecular complexity index is 1470. The molecule has 5 rings (SSSR count). The Kier molecular flexibility index (Phi) is 5.46. The molecule has 1 aliphatic heterocycles. The average molecular weight is 462 g/mol. The van der Waals surface area contributed by atoms with Crippen LogP contribution in [0.1, 0.15) is 24.7 Å². The minimum absolute atomic E-state index is 0.0334. The number of nitrogens with zero attached hydrogens (tertiary/aromatic N) is 5. The fourth-order valence-corrected chi connectivity index (χ4v) is 4.24. The summed E-state index contributed by atoms with van der Waals surface area (Å²) in [6, 6.07) is 6.47. The molecule has 2 aromatic heterocycles. The summed E-state index contributed by atoms with van der Waals surface area (Å²) in [6.45, 7) is 0.745. The second kappa shape index (κ2) is 8.60. The number of fused-ring (bicyclic) bond motifs is 1. The molecule has 34 heavy (non-hydrogen) atoms. The second-order valence-electron chi connectivity index (χ2n) is 7.85. The number of nitro benzene ring substituents is 1. The Morgan fingerprint density at radius 2 is 2.03 bits per heavy atom. The van der Waals surface area contributed by atoms with Crippen LogP contribution in [0.3, 0.4) is 0 Å². The molecule has 0 amide bonds. The summed E-state index contributed by atoms with van der Waals surface area (Å²) < 4.78 is 20.9. The van der Waals surface area contributed by atoms with Crippen LogP contribution in [0, 0.1) is 15.9 Å². The third kappa shape index (κ3) is 3.65. The van der Waals surface area contributed by atoms with E-state index in [9.17, 15) is 19.3 Å². The van der Waals surface area contributed by atoms with Crippen LogP contribution in [0.4, 0.5) is 10.1 Å². The molecule has 10 nitrogen and oxygen atoms in total. The van der Waals surface area contributed by atoms with E-state index in [0.29, 0.717) is 22.5 Å². The lowest BCUT2D eigenvalue weighted by Gasteiger charge is -2.19. The van der Waals surface area contributed by atoms with Crippen LogP contribution < -0.4 is 15.6 Å². The lowest BCUT2D eigenvalue weighted by molar-refractivity contribution is -0.384. The van der Waals surface area contributed by atoms with Crippen molar-refractivity contribution in [2.24, 2.45) is 0 Å². The van der Waals surface area contributed by atoms with E-state index in [1.807, 2.05) is 0 Å². The summed E-state index contributed by atoms with van der Waals surface area (Å²) in [5.74, 6) is -0.210. The lowest BCUT2D eigenvalue weighted by atomic mass is 10.0. The van der Waals surface area contributed by atoms with E-state index in [-0.39, 0.29) is 28.6 Å². The highest BCUT2D eigenvalue weighted by atomic mass is 19.1. The van der Waals surface area contributed by atoms with Crippen molar-refractivity contribution in [2.45, 2.75) is 18.9 Å². The Morgan fingerprint density at radius 3 is 2.68 bits per heavy atom. The zero-order chi connectivity index (χ0) is 23.8. The van der Waals surface area contributed by atoms with Gasteiger partial charge in [0, 0.05) is 41.7 Å². The van der Waals surface area contributed by atoms with E-state index >= 15 is 0 Å². The molecule has 3 heterocycles. The van der Waals surface area contributed by atoms with Crippen LogP contribution in [-0.2, 0) is 0 Å². The number of halogens is 1. The number of nitro groups is 1. The highest BCUT2D eigenvalue weighted by Crippen LogP contribution is 2.33. The SMILES string of the molecule is COc1ccc(-n2c(C3CCCN3)nc3c(-c4cncnc4)cc([N+](=O)[O-])cc3c2=O)cc1F. The highest BCUT2D eigenvalue weighted by Gasteiger charge is 2.27. The molecule has 11 heteroatoms. The second-order valence-corrected chi connectivity index (χ2v) is 7.85. The fraction of sp³-hybridized carbons (Fsp3) is 0.217. The number of methoxy groups -OCH3 is 1. The summed E-state index contributed by atoms with van der Waals surface area (Å²) in [7, 11) is 1.35. The molecule has 1 saturated heterocycles. The molecule has 4 aromatic rings. The number of aromatic nitrogens is 4. The van der Waals surface area contributed by atoms with Gasteiger partial charge in [-0.25, -0.2) is 19.3 Å². The van der Waals surface area contributed by atoms with Crippen molar-refractivity contribution in [3.8, 4) is 22.6 Å². The van der Waals surface area contributed by atoms with Crippen LogP contribution in [-0.4, -0.2) is 38.1 Å². The predicted octanol–water partition coefficient (Wildman–Crippen LogP) is 3.32. The molecule has 2 aromatic carbocycles. The quantitative estimate of drug-likeness (QED) is 0.354. The average Bonchev–Trinajstić information content (AvgIpc) is 3.39. The molecular formula is C23H19FN6O4. The summed E-state index contributed by atoms with van der Waals surface area (Å²) in [6.07, 6.45) is 5.97. The molecule has 1 aliphatic rings. The number of nitrogens with one attached hydrogen (secondary N) is 1. The maximum Gasteiger partial charge on any atom is 0.271 e. The minimum atomic E-state index is -0.640. The number of rotatable bonds is 5. The molecule has 1 fully saturated rings. The molecule has 1 atom stereocenters. The largest absolute Gasteiger partial charge is 0.494 e. The molecule has 1 unspecified atom stereocenters. The van der Waals surface area contributed by atoms with Gasteiger partial charge in [-0.05, 0) is 31.5 Å². The molecule has 172 valence electrons. The van der Waals surface area contributed by atoms with Gasteiger partial charge in [-0.1, -0.05) is 0 Å². The first kappa shape index (κ1) is 21.6. The Labute approximate surface area is 192 Å². The van der Waals surface area contributed by atoms with E-state index in [1.165, 1.54) is 54.7 Å². The van der Waals surface area contributed by atoms with Crippen molar-refractivity contribution in [1.82, 2.24) is 24.8 Å². The number of hydrogen-bond acceptors (Lipinski definition) is 8. The number of ether oxygens (including phenoxy) is 1. The first-order valence-corrected chi connectivity index (χ1v) is 10.6. The summed E-state index contributed by atoms with van der Waals surface area (Å²) in [5.41, 5.74) is 0.581. The third-order valence-electron chi connectivity index (χ3n) is 5.83. The van der Waals surface area contributed by atoms with Gasteiger partial charge in [-0.15, -0.1) is 0 Å². The van der Waals surface area contributed by atoms with Gasteiger partial charge >= 0.3 is 0 Å². The zero-order valence-electron chi connectivity index (χ0n) is 18.1. The minimum Gasteiger partial charge on any atom is -0.494 e. The number of benzene rings is 2. The van der Waals surface area contributed by atoms with Gasteiger partial charge < -0.3 is 10.1 Å². The molecular weight excluding hydrogens is 443 g/mol. The van der Waals surface area contributed by atoms with Crippen molar-refractivity contribution < 1.29 is 14.1 Å². The Hall–Kier alpha value is -4.25. The van der Waals surface area contributed by atoms with Gasteiger partial charge in [0.15, 0.2) is 11.6 Å². The van der Waals surface area contributed by atoms with Gasteiger partial charge in [-0.2, -0.15) is 0 Å². The van der Waals surface area contributed by atoms with Crippen LogP contribution >= 0.6 is 0 Å². The van der Waals surface area contributed by atoms with Crippen molar-refractivity contribution in [3.63, 3.8) is 0 Å². The van der Waals surface area contributed by atoms with Crippen molar-refractivity contribution in [2.75, 3.05) is 13.7 Å². The topological polar surface area (TPSA) is 125 Å². The molecule has 0 aliphatic carbocycles. The highest BCUT2D eigenvalue weighted by molar-refractivity contribution is 5.95. The molecule has 0 radical (unpaired) electrons. The maximum absolute atomic E-state index is 14.6. The molecule has 0 bridgehead atoms. The first-order valence-electron chi connectivity index (χ1n) is 10.6. The van der Waals surface area contributed by atoms with Crippen LogP contribution in [0.2, 0.25) is 0 Å². The van der Waals surface area contributed by atoms with Crippen molar-refractivity contribution in [1.29, 1.82) is 0 Å². The number of non-ortho nitro benzene ring substituents is 1. The van der Waals surface area contributed by atoms with Gasteiger partial charge in [0.25, 0.3) is 11.2 Å². The number of hydrogen-bond donors (Lipinski definition) is 1. The Morgan fingerprint density at radius 1 is 1.24 bits per heavy atom. The molecule has 0 spiro atoms. The monoisotopic (exact) mass is 462 g/mol. The normalized spacial score (nSPS) is 15.5. The van der Waals surface area contributed by atoms with Crippen LogP contribution in [0.25, 0.3) is 27.7 Å². The predicted molar refractivity (Wildman–Crippen MR) is 122 cm³/mol. The third-order valence-corrected chi connectivity index (χ3v) is 5.83. The van der Waals surface area contributed by atoms with Gasteiger partial charge in [0.05, 0.1) is 34.7 Å². The maximum atomic E-state index is 14.6. The smallest absolute Gasteiger partial charge is 0.271 e. The first-order chi connectivity index (χ1) is 16.5. The standard InChI is InChI=1S/C23H19FN6O4/c1-34-20-5-4-14(9-18(20)24)29-22(19-3-2-6-27-19)28-21-16(13-10-25-12-26-11-13)7-15(30(32)33)8-17(21)23(29)31/h4-5,7-12,19,27H,2-3,6H2,1H3. The zero-order valence-corrected chi connectivity index (χ0v) is 18.1. The Balaban J connectivity index is 1.87. The molecule has 1 N–H and O–H groups in total. The summed E-state index contributed by atoms with van der Waals surface area (Å²) in [5, 5.41) is 15.0. The van der Waals surface area contributed by atoms with E-state index in [2.05, 4.69) is 15.3 Å². The summed E-state index contributed by atoms with van der Waals surface area (Å²) in [4.78, 5) is 37.7. The van der Waals surface area contributed by atoms with Crippen molar-refractivity contribution in [3.05, 3.63) is 81.2 Å². The van der Waals surface area contributed by atoms with E-state index in [4.69, 9.17) is 9.72 Å². The van der Waals surface area contributed by atoms with E-state index in [0.717, 1.165) is 19.4 Å². The van der Waals surface area contributed by atoms with Crippen LogP contribution in [0.15, 0.2) is 53.8 Å². The van der Waals surface area contributed by atoms with Gasteiger partial charge in [0.1, 0.15) is 12.2 Å². The molecule has 0 saturated carbocycles. The van der Waals surface area contributed by atoms with Crippen LogP contribution in [0.5, 0.6) is 5.75 Å². The fourth-order valence-electron chi connectivity index (χ4n) is 4.24. The van der Waals surface area contributed by atoms with E-state index in [1.54, 1.807) is 6.07 Å². The lowest BCUT2D eigenvalue weighted by Crippen LogP contribution is -2.29. The van der Waals surface area contributed by atoms with E-state index < -0.39 is 16.3 Å². The van der Waals surface area contributed by atoms with Crippen molar-refractivity contribution >= 4 is 16.6 Å². The summed E-state index contributed by atoms with van der Waals surface area (Å²) >= 11 is 0. The van der Waals surface area contributed by atoms with Gasteiger partial charge in [0.2, 0.25) is 0 Å².